The van der Waals surface area contributed by atoms with Gasteiger partial charge in [-0.25, -0.2) is 4.39 Å². The van der Waals surface area contributed by atoms with Crippen molar-refractivity contribution >= 4 is 11.9 Å². The van der Waals surface area contributed by atoms with Crippen molar-refractivity contribution in [3.05, 3.63) is 87.3 Å². The highest BCUT2D eigenvalue weighted by molar-refractivity contribution is 5.82. The largest absolute Gasteiger partial charge is 0.481 e. The summed E-state index contributed by atoms with van der Waals surface area (Å²) in [6.45, 7) is 9.30. The maximum absolute atomic E-state index is 13.8. The number of carboxylic acids is 1. The monoisotopic (exact) mass is 493 g/mol. The topological polar surface area (TPSA) is 101 Å². The molecule has 0 aliphatic rings. The molecule has 190 valence electrons. The van der Waals surface area contributed by atoms with Gasteiger partial charge >= 0.3 is 5.97 Å². The van der Waals surface area contributed by atoms with Crippen LogP contribution in [0.15, 0.2) is 53.7 Å². The van der Waals surface area contributed by atoms with Gasteiger partial charge in [0.1, 0.15) is 11.9 Å². The lowest BCUT2D eigenvalue weighted by molar-refractivity contribution is -0.138. The second-order valence-corrected chi connectivity index (χ2v) is 9.68. The minimum atomic E-state index is -1.09. The fourth-order valence-corrected chi connectivity index (χ4v) is 4.49. The van der Waals surface area contributed by atoms with Crippen molar-refractivity contribution in [1.29, 1.82) is 0 Å². The van der Waals surface area contributed by atoms with Gasteiger partial charge in [0.15, 0.2) is 0 Å². The average molecular weight is 494 g/mol. The predicted octanol–water partition coefficient (Wildman–Crippen LogP) is 4.89. The van der Waals surface area contributed by atoms with E-state index in [1.54, 1.807) is 45.3 Å². The maximum atomic E-state index is 13.8. The van der Waals surface area contributed by atoms with Crippen molar-refractivity contribution in [2.75, 3.05) is 0 Å². The van der Waals surface area contributed by atoms with Gasteiger partial charge in [-0.05, 0) is 85.2 Å². The van der Waals surface area contributed by atoms with Crippen LogP contribution < -0.4 is 10.9 Å². The van der Waals surface area contributed by atoms with Crippen LogP contribution in [-0.2, 0) is 9.59 Å². The molecule has 0 saturated heterocycles. The molecule has 2 heterocycles. The Balaban J connectivity index is 1.99. The van der Waals surface area contributed by atoms with E-state index in [0.29, 0.717) is 17.5 Å². The van der Waals surface area contributed by atoms with Gasteiger partial charge in [-0.15, -0.1) is 0 Å². The van der Waals surface area contributed by atoms with Gasteiger partial charge in [0.2, 0.25) is 5.91 Å². The molecule has 2 atom stereocenters. The van der Waals surface area contributed by atoms with Crippen LogP contribution in [0.25, 0.3) is 11.1 Å². The summed E-state index contributed by atoms with van der Waals surface area (Å²) in [4.78, 5) is 42.1. The standard InChI is InChI=1S/C28H32FN3O4/c1-16(2)8-24(32-7-6-17(3)9-25(32)33)28(36)31-23(13-26(34)35)20-12-21(15-30-14-20)27-18(4)10-22(29)11-19(27)5/h6-7,9-12,14-16,23-24H,8,13H2,1-5H3,(H,31,36)(H,34,35)/t23-,24+/m0/s1. The molecule has 7 nitrogen and oxygen atoms in total. The lowest BCUT2D eigenvalue weighted by atomic mass is 9.94. The third-order valence-corrected chi connectivity index (χ3v) is 6.08. The van der Waals surface area contributed by atoms with Crippen LogP contribution >= 0.6 is 0 Å². The Labute approximate surface area is 210 Å². The molecule has 36 heavy (non-hydrogen) atoms. The van der Waals surface area contributed by atoms with Gasteiger partial charge in [-0.2, -0.15) is 0 Å². The summed E-state index contributed by atoms with van der Waals surface area (Å²) < 4.78 is 15.2. The molecule has 0 fully saturated rings. The summed E-state index contributed by atoms with van der Waals surface area (Å²) in [5, 5.41) is 12.4. The first-order valence-corrected chi connectivity index (χ1v) is 11.9. The van der Waals surface area contributed by atoms with Crippen LogP contribution in [0.5, 0.6) is 0 Å². The third-order valence-electron chi connectivity index (χ3n) is 6.08. The summed E-state index contributed by atoms with van der Waals surface area (Å²) in [5.74, 6) is -1.76. The molecule has 2 N–H and O–H groups in total. The molecule has 3 rings (SSSR count). The van der Waals surface area contributed by atoms with Crippen molar-refractivity contribution in [1.82, 2.24) is 14.9 Å². The van der Waals surface area contributed by atoms with Gasteiger partial charge < -0.3 is 15.0 Å². The molecule has 0 aliphatic carbocycles. The van der Waals surface area contributed by atoms with Crippen LogP contribution in [0.4, 0.5) is 4.39 Å². The summed E-state index contributed by atoms with van der Waals surface area (Å²) in [5.41, 5.74) is 3.94. The molecule has 1 aromatic carbocycles. The summed E-state index contributed by atoms with van der Waals surface area (Å²) >= 11 is 0. The fourth-order valence-electron chi connectivity index (χ4n) is 4.49. The quantitative estimate of drug-likeness (QED) is 0.442. The van der Waals surface area contributed by atoms with Crippen molar-refractivity contribution in [2.45, 2.75) is 59.5 Å². The number of carbonyl (C=O) groups is 2. The average Bonchev–Trinajstić information content (AvgIpc) is 2.76. The Kier molecular flexibility index (Phi) is 8.40. The van der Waals surface area contributed by atoms with Crippen LogP contribution in [0, 0.1) is 32.5 Å². The van der Waals surface area contributed by atoms with Crippen LogP contribution in [-0.4, -0.2) is 26.5 Å². The molecule has 1 amide bonds. The second kappa shape index (κ2) is 11.3. The molecule has 3 aromatic rings. The van der Waals surface area contributed by atoms with Crippen molar-refractivity contribution < 1.29 is 19.1 Å². The number of rotatable bonds is 9. The molecule has 0 saturated carbocycles. The minimum absolute atomic E-state index is 0.112. The number of halogens is 1. The van der Waals surface area contributed by atoms with Crippen LogP contribution in [0.3, 0.4) is 0 Å². The number of pyridine rings is 2. The SMILES string of the molecule is Cc1ccn([C@H](CC(C)C)C(=O)N[C@@H](CC(=O)O)c2cncc(-c3c(C)cc(F)cc3C)c2)c(=O)c1. The molecule has 0 bridgehead atoms. The minimum Gasteiger partial charge on any atom is -0.481 e. The Morgan fingerprint density at radius 3 is 2.33 bits per heavy atom. The molecule has 8 heteroatoms. The lowest BCUT2D eigenvalue weighted by Crippen LogP contribution is -2.40. The number of carboxylic acid groups (broad SMARTS) is 1. The highest BCUT2D eigenvalue weighted by Crippen LogP contribution is 2.30. The number of aromatic nitrogens is 2. The Morgan fingerprint density at radius 1 is 1.08 bits per heavy atom. The van der Waals surface area contributed by atoms with Gasteiger partial charge in [-0.1, -0.05) is 13.8 Å². The number of aryl methyl sites for hydroxylation is 3. The zero-order chi connectivity index (χ0) is 26.6. The Hall–Kier alpha value is -3.81. The first-order valence-electron chi connectivity index (χ1n) is 11.9. The first-order chi connectivity index (χ1) is 17.0. The number of amides is 1. The van der Waals surface area contributed by atoms with Gasteiger partial charge in [0.25, 0.3) is 5.56 Å². The van der Waals surface area contributed by atoms with Gasteiger partial charge in [-0.3, -0.25) is 19.4 Å². The van der Waals surface area contributed by atoms with E-state index in [2.05, 4.69) is 10.3 Å². The molecule has 0 unspecified atom stereocenters. The summed E-state index contributed by atoms with van der Waals surface area (Å²) in [6, 6.07) is 6.19. The van der Waals surface area contributed by atoms with Gasteiger partial charge in [0, 0.05) is 30.2 Å². The van der Waals surface area contributed by atoms with E-state index in [0.717, 1.165) is 22.3 Å². The number of carbonyl (C=O) groups excluding carboxylic acids is 1. The number of nitrogens with zero attached hydrogens (tertiary/aromatic N) is 2. The molecular weight excluding hydrogens is 461 g/mol. The van der Waals surface area contributed by atoms with Gasteiger partial charge in [0.05, 0.1) is 12.5 Å². The number of benzene rings is 1. The number of hydrogen-bond acceptors (Lipinski definition) is 4. The van der Waals surface area contributed by atoms with E-state index < -0.39 is 24.0 Å². The van der Waals surface area contributed by atoms with Crippen molar-refractivity contribution in [2.24, 2.45) is 5.92 Å². The summed E-state index contributed by atoms with van der Waals surface area (Å²) in [7, 11) is 0. The molecule has 0 aliphatic heterocycles. The molecule has 0 radical (unpaired) electrons. The Bertz CT molecular complexity index is 1310. The van der Waals surface area contributed by atoms with E-state index in [4.69, 9.17) is 0 Å². The first kappa shape index (κ1) is 26.8. The van der Waals surface area contributed by atoms with Crippen LogP contribution in [0.2, 0.25) is 0 Å². The number of hydrogen-bond donors (Lipinski definition) is 2. The number of nitrogens with one attached hydrogen (secondary N) is 1. The maximum Gasteiger partial charge on any atom is 0.305 e. The van der Waals surface area contributed by atoms with E-state index in [-0.39, 0.29) is 23.7 Å². The Morgan fingerprint density at radius 2 is 1.75 bits per heavy atom. The molecule has 2 aromatic heterocycles. The molecular formula is C28H32FN3O4. The smallest absolute Gasteiger partial charge is 0.305 e. The summed E-state index contributed by atoms with van der Waals surface area (Å²) in [6.07, 6.45) is 4.78. The highest BCUT2D eigenvalue weighted by atomic mass is 19.1. The second-order valence-electron chi connectivity index (χ2n) is 9.68. The zero-order valence-corrected chi connectivity index (χ0v) is 21.2. The lowest BCUT2D eigenvalue weighted by Gasteiger charge is -2.25. The van der Waals surface area contributed by atoms with E-state index >= 15 is 0 Å². The fraction of sp³-hybridized carbons (Fsp3) is 0.357. The zero-order valence-electron chi connectivity index (χ0n) is 21.2. The molecule has 0 spiro atoms. The predicted molar refractivity (Wildman–Crippen MR) is 136 cm³/mol. The van der Waals surface area contributed by atoms with E-state index in [1.165, 1.54) is 29.0 Å². The normalized spacial score (nSPS) is 12.9. The third kappa shape index (κ3) is 6.44. The van der Waals surface area contributed by atoms with Crippen LogP contribution in [0.1, 0.15) is 61.0 Å². The number of aliphatic carboxylic acids is 1. The van der Waals surface area contributed by atoms with Crippen molar-refractivity contribution in [3.63, 3.8) is 0 Å². The highest BCUT2D eigenvalue weighted by Gasteiger charge is 2.27. The van der Waals surface area contributed by atoms with Crippen molar-refractivity contribution in [3.8, 4) is 11.1 Å². The van der Waals surface area contributed by atoms with E-state index in [1.807, 2.05) is 13.8 Å². The van der Waals surface area contributed by atoms with E-state index in [9.17, 15) is 23.9 Å².